The summed E-state index contributed by atoms with van der Waals surface area (Å²) in [4.78, 5) is 0. The second-order valence-corrected chi connectivity index (χ2v) is 4.99. The zero-order valence-corrected chi connectivity index (χ0v) is 11.3. The molecule has 0 saturated heterocycles. The molecule has 0 radical (unpaired) electrons. The van der Waals surface area contributed by atoms with Crippen LogP contribution in [0.1, 0.15) is 37.8 Å². The van der Waals surface area contributed by atoms with Gasteiger partial charge in [0.1, 0.15) is 5.75 Å². The van der Waals surface area contributed by atoms with Crippen LogP contribution >= 0.6 is 0 Å². The Morgan fingerprint density at radius 2 is 1.90 bits per heavy atom. The van der Waals surface area contributed by atoms with E-state index in [9.17, 15) is 13.2 Å². The Balaban J connectivity index is 1.93. The fourth-order valence-electron chi connectivity index (χ4n) is 2.35. The lowest BCUT2D eigenvalue weighted by Gasteiger charge is -2.24. The predicted molar refractivity (Wildman–Crippen MR) is 71.5 cm³/mol. The first-order valence-corrected chi connectivity index (χ1v) is 6.71. The van der Waals surface area contributed by atoms with Gasteiger partial charge in [-0.3, -0.25) is 0 Å². The number of allylic oxidation sites excluding steroid dienone is 1. The average molecular weight is 285 g/mol. The van der Waals surface area contributed by atoms with Crippen LogP contribution in [0.2, 0.25) is 0 Å². The molecule has 0 spiro atoms. The molecule has 2 atom stereocenters. The van der Waals surface area contributed by atoms with Crippen molar-refractivity contribution in [3.63, 3.8) is 0 Å². The SMILES string of the molecule is CC(NC1CC=CCC1)c1ccc(OC(F)(F)F)cc1. The summed E-state index contributed by atoms with van der Waals surface area (Å²) in [5, 5.41) is 3.49. The number of nitrogens with one attached hydrogen (secondary N) is 1. The van der Waals surface area contributed by atoms with E-state index in [-0.39, 0.29) is 11.8 Å². The predicted octanol–water partition coefficient (Wildman–Crippen LogP) is 4.34. The highest BCUT2D eigenvalue weighted by Gasteiger charge is 2.31. The van der Waals surface area contributed by atoms with Crippen LogP contribution in [0.5, 0.6) is 5.75 Å². The van der Waals surface area contributed by atoms with E-state index in [1.807, 2.05) is 6.92 Å². The second kappa shape index (κ2) is 6.31. The van der Waals surface area contributed by atoms with Crippen LogP contribution in [0.3, 0.4) is 0 Å². The monoisotopic (exact) mass is 285 g/mol. The number of ether oxygens (including phenoxy) is 1. The maximum absolute atomic E-state index is 12.1. The molecule has 0 aliphatic heterocycles. The highest BCUT2D eigenvalue weighted by molar-refractivity contribution is 5.29. The van der Waals surface area contributed by atoms with Gasteiger partial charge in [-0.15, -0.1) is 13.2 Å². The minimum atomic E-state index is -4.64. The van der Waals surface area contributed by atoms with E-state index in [2.05, 4.69) is 22.2 Å². The lowest BCUT2D eigenvalue weighted by molar-refractivity contribution is -0.274. The number of rotatable bonds is 4. The first-order chi connectivity index (χ1) is 9.44. The molecule has 2 rings (SSSR count). The van der Waals surface area contributed by atoms with Gasteiger partial charge in [-0.2, -0.15) is 0 Å². The van der Waals surface area contributed by atoms with E-state index < -0.39 is 6.36 Å². The molecule has 1 aliphatic carbocycles. The minimum Gasteiger partial charge on any atom is -0.406 e. The number of hydrogen-bond acceptors (Lipinski definition) is 2. The van der Waals surface area contributed by atoms with E-state index in [1.54, 1.807) is 12.1 Å². The molecular weight excluding hydrogens is 267 g/mol. The molecule has 0 heterocycles. The molecule has 1 aliphatic rings. The van der Waals surface area contributed by atoms with Crippen molar-refractivity contribution in [2.24, 2.45) is 0 Å². The smallest absolute Gasteiger partial charge is 0.406 e. The van der Waals surface area contributed by atoms with Crippen molar-refractivity contribution in [2.75, 3.05) is 0 Å². The summed E-state index contributed by atoms with van der Waals surface area (Å²) in [6.45, 7) is 2.01. The van der Waals surface area contributed by atoms with Gasteiger partial charge in [-0.1, -0.05) is 24.3 Å². The molecule has 0 fully saturated rings. The van der Waals surface area contributed by atoms with Gasteiger partial charge in [0, 0.05) is 12.1 Å². The highest BCUT2D eigenvalue weighted by atomic mass is 19.4. The third-order valence-corrected chi connectivity index (χ3v) is 3.37. The summed E-state index contributed by atoms with van der Waals surface area (Å²) in [6, 6.07) is 6.56. The number of benzene rings is 1. The normalized spacial score (nSPS) is 20.7. The Hall–Kier alpha value is -1.49. The molecule has 2 unspecified atom stereocenters. The third-order valence-electron chi connectivity index (χ3n) is 3.37. The molecule has 20 heavy (non-hydrogen) atoms. The van der Waals surface area contributed by atoms with Gasteiger partial charge in [0.15, 0.2) is 0 Å². The molecule has 110 valence electrons. The van der Waals surface area contributed by atoms with Crippen LogP contribution in [0.4, 0.5) is 13.2 Å². The van der Waals surface area contributed by atoms with E-state index in [4.69, 9.17) is 0 Å². The third kappa shape index (κ3) is 4.56. The molecule has 1 N–H and O–H groups in total. The summed E-state index contributed by atoms with van der Waals surface area (Å²) in [5.74, 6) is -0.186. The van der Waals surface area contributed by atoms with Crippen LogP contribution in [-0.4, -0.2) is 12.4 Å². The van der Waals surface area contributed by atoms with Crippen molar-refractivity contribution in [1.29, 1.82) is 0 Å². The quantitative estimate of drug-likeness (QED) is 0.831. The maximum Gasteiger partial charge on any atom is 0.573 e. The fourth-order valence-corrected chi connectivity index (χ4v) is 2.35. The average Bonchev–Trinajstić information content (AvgIpc) is 2.39. The number of hydrogen-bond donors (Lipinski definition) is 1. The van der Waals surface area contributed by atoms with Gasteiger partial charge < -0.3 is 10.1 Å². The van der Waals surface area contributed by atoms with Crippen molar-refractivity contribution in [3.8, 4) is 5.75 Å². The van der Waals surface area contributed by atoms with Crippen molar-refractivity contribution >= 4 is 0 Å². The Kier molecular flexibility index (Phi) is 4.70. The minimum absolute atomic E-state index is 0.103. The van der Waals surface area contributed by atoms with Gasteiger partial charge >= 0.3 is 6.36 Å². The summed E-state index contributed by atoms with van der Waals surface area (Å²) >= 11 is 0. The van der Waals surface area contributed by atoms with Crippen molar-refractivity contribution in [1.82, 2.24) is 5.32 Å². The Morgan fingerprint density at radius 1 is 1.20 bits per heavy atom. The molecule has 0 bridgehead atoms. The van der Waals surface area contributed by atoms with Gasteiger partial charge in [0.05, 0.1) is 0 Å². The Labute approximate surface area is 116 Å². The van der Waals surface area contributed by atoms with Crippen molar-refractivity contribution in [2.45, 2.75) is 44.6 Å². The summed E-state index contributed by atoms with van der Waals surface area (Å²) in [6.07, 6.45) is 2.86. The van der Waals surface area contributed by atoms with Crippen LogP contribution in [0.15, 0.2) is 36.4 Å². The van der Waals surface area contributed by atoms with Crippen molar-refractivity contribution < 1.29 is 17.9 Å². The van der Waals surface area contributed by atoms with Crippen LogP contribution in [0.25, 0.3) is 0 Å². The molecular formula is C15H18F3NO. The van der Waals surface area contributed by atoms with Gasteiger partial charge in [-0.25, -0.2) is 0 Å². The van der Waals surface area contributed by atoms with Crippen molar-refractivity contribution in [3.05, 3.63) is 42.0 Å². The summed E-state index contributed by atoms with van der Waals surface area (Å²) in [5.41, 5.74) is 0.953. The Bertz CT molecular complexity index is 453. The second-order valence-electron chi connectivity index (χ2n) is 4.99. The van der Waals surface area contributed by atoms with E-state index in [1.165, 1.54) is 12.1 Å². The first kappa shape index (κ1) is 14.9. The zero-order chi connectivity index (χ0) is 14.6. The molecule has 0 saturated carbocycles. The van der Waals surface area contributed by atoms with Crippen LogP contribution in [-0.2, 0) is 0 Å². The van der Waals surface area contributed by atoms with Gasteiger partial charge in [0.2, 0.25) is 0 Å². The lowest BCUT2D eigenvalue weighted by Crippen LogP contribution is -2.32. The largest absolute Gasteiger partial charge is 0.573 e. The maximum atomic E-state index is 12.1. The molecule has 5 heteroatoms. The molecule has 2 nitrogen and oxygen atoms in total. The molecule has 1 aromatic carbocycles. The summed E-state index contributed by atoms with van der Waals surface area (Å²) < 4.78 is 40.1. The van der Waals surface area contributed by atoms with Gasteiger partial charge in [-0.05, 0) is 43.9 Å². The fraction of sp³-hybridized carbons (Fsp3) is 0.467. The first-order valence-electron chi connectivity index (χ1n) is 6.71. The van der Waals surface area contributed by atoms with E-state index >= 15 is 0 Å². The zero-order valence-electron chi connectivity index (χ0n) is 11.3. The molecule has 1 aromatic rings. The van der Waals surface area contributed by atoms with Gasteiger partial charge in [0.25, 0.3) is 0 Å². The Morgan fingerprint density at radius 3 is 2.45 bits per heavy atom. The number of alkyl halides is 3. The van der Waals surface area contributed by atoms with E-state index in [0.717, 1.165) is 24.8 Å². The molecule has 0 aromatic heterocycles. The standard InChI is InChI=1S/C15H18F3NO/c1-11(19-13-5-3-2-4-6-13)12-7-9-14(10-8-12)20-15(16,17)18/h2-3,7-11,13,19H,4-6H2,1H3. The lowest BCUT2D eigenvalue weighted by atomic mass is 9.99. The number of halogens is 3. The van der Waals surface area contributed by atoms with E-state index in [0.29, 0.717) is 6.04 Å². The topological polar surface area (TPSA) is 21.3 Å². The highest BCUT2D eigenvalue weighted by Crippen LogP contribution is 2.25. The summed E-state index contributed by atoms with van der Waals surface area (Å²) in [7, 11) is 0. The molecule has 0 amide bonds. The van der Waals surface area contributed by atoms with Crippen LogP contribution < -0.4 is 10.1 Å². The van der Waals surface area contributed by atoms with Crippen LogP contribution in [0, 0.1) is 0 Å².